The molecule has 1 fully saturated rings. The van der Waals surface area contributed by atoms with E-state index in [0.717, 1.165) is 19.4 Å². The van der Waals surface area contributed by atoms with Gasteiger partial charge in [-0.3, -0.25) is 14.5 Å². The molecule has 1 aliphatic rings. The van der Waals surface area contributed by atoms with E-state index in [4.69, 9.17) is 4.74 Å². The summed E-state index contributed by atoms with van der Waals surface area (Å²) in [4.78, 5) is 25.3. The van der Waals surface area contributed by atoms with Crippen LogP contribution in [0.5, 0.6) is 0 Å². The van der Waals surface area contributed by atoms with Crippen molar-refractivity contribution in [3.05, 3.63) is 0 Å². The maximum Gasteiger partial charge on any atom is 0.306 e. The fraction of sp³-hybridized carbons (Fsp3) is 0.867. The van der Waals surface area contributed by atoms with Gasteiger partial charge in [0.05, 0.1) is 26.2 Å². The van der Waals surface area contributed by atoms with Crippen molar-refractivity contribution in [3.63, 3.8) is 0 Å². The maximum absolute atomic E-state index is 12.0. The van der Waals surface area contributed by atoms with Crippen molar-refractivity contribution in [2.24, 2.45) is 0 Å². The number of hydrogen-bond acceptors (Lipinski definition) is 5. The van der Waals surface area contributed by atoms with Gasteiger partial charge in [0.1, 0.15) is 0 Å². The predicted octanol–water partition coefficient (Wildman–Crippen LogP) is 0.945. The molecule has 0 bridgehead atoms. The summed E-state index contributed by atoms with van der Waals surface area (Å²) in [6.45, 7) is 8.08. The molecule has 0 saturated carbocycles. The highest BCUT2D eigenvalue weighted by Crippen LogP contribution is 2.13. The van der Waals surface area contributed by atoms with Crippen LogP contribution in [0.1, 0.15) is 40.0 Å². The Morgan fingerprint density at radius 2 is 2.10 bits per heavy atom. The second kappa shape index (κ2) is 8.34. The zero-order chi connectivity index (χ0) is 15.9. The average Bonchev–Trinajstić information content (AvgIpc) is 2.86. The lowest BCUT2D eigenvalue weighted by atomic mass is 10.1. The van der Waals surface area contributed by atoms with Gasteiger partial charge in [-0.25, -0.2) is 0 Å². The average molecular weight is 300 g/mol. The van der Waals surface area contributed by atoms with E-state index in [1.165, 1.54) is 7.11 Å². The minimum atomic E-state index is -0.261. The maximum atomic E-state index is 12.0. The summed E-state index contributed by atoms with van der Waals surface area (Å²) in [7, 11) is 1.37. The summed E-state index contributed by atoms with van der Waals surface area (Å²) in [6.07, 6.45) is 2.51. The van der Waals surface area contributed by atoms with Crippen molar-refractivity contribution in [3.8, 4) is 0 Å². The number of nitrogens with zero attached hydrogens (tertiary/aromatic N) is 1. The second-order valence-corrected chi connectivity index (χ2v) is 6.49. The molecule has 0 aromatic rings. The number of carbonyl (C=O) groups is 2. The summed E-state index contributed by atoms with van der Waals surface area (Å²) in [5.41, 5.74) is -0.255. The van der Waals surface area contributed by atoms with Crippen LogP contribution in [0.2, 0.25) is 0 Å². The van der Waals surface area contributed by atoms with E-state index < -0.39 is 0 Å². The van der Waals surface area contributed by atoms with E-state index in [1.54, 1.807) is 0 Å². The summed E-state index contributed by atoms with van der Waals surface area (Å²) >= 11 is 0. The molecule has 1 amide bonds. The molecule has 1 aliphatic heterocycles. The van der Waals surface area contributed by atoms with Crippen molar-refractivity contribution in [2.45, 2.75) is 51.7 Å². The van der Waals surface area contributed by atoms with Gasteiger partial charge in [-0.15, -0.1) is 0 Å². The Labute approximate surface area is 127 Å². The Bertz CT molecular complexity index is 346. The van der Waals surface area contributed by atoms with Crippen LogP contribution in [0.15, 0.2) is 0 Å². The van der Waals surface area contributed by atoms with Crippen LogP contribution in [0, 0.1) is 0 Å². The van der Waals surface area contributed by atoms with Crippen LogP contribution in [-0.2, 0) is 19.1 Å². The first-order valence-electron chi connectivity index (χ1n) is 7.52. The molecule has 1 unspecified atom stereocenters. The molecule has 1 saturated heterocycles. The molecule has 1 rings (SSSR count). The van der Waals surface area contributed by atoms with Crippen molar-refractivity contribution < 1.29 is 19.1 Å². The Balaban J connectivity index is 2.49. The molecule has 1 atom stereocenters. The first-order chi connectivity index (χ1) is 9.80. The van der Waals surface area contributed by atoms with Gasteiger partial charge in [-0.2, -0.15) is 0 Å². The van der Waals surface area contributed by atoms with Gasteiger partial charge in [0.25, 0.3) is 0 Å². The van der Waals surface area contributed by atoms with Gasteiger partial charge >= 0.3 is 5.97 Å². The molecule has 1 N–H and O–H groups in total. The summed E-state index contributed by atoms with van der Waals surface area (Å²) in [5.74, 6) is -0.297. The van der Waals surface area contributed by atoms with Crippen LogP contribution in [0.25, 0.3) is 0 Å². The summed E-state index contributed by atoms with van der Waals surface area (Å²) in [6, 6.07) is 0. The third-order valence-electron chi connectivity index (χ3n) is 3.23. The summed E-state index contributed by atoms with van der Waals surface area (Å²) < 4.78 is 10.3. The SMILES string of the molecule is COC(=O)CCN(CC(=O)NC(C)(C)C)CC1CCCO1. The Morgan fingerprint density at radius 3 is 2.62 bits per heavy atom. The predicted molar refractivity (Wildman–Crippen MR) is 79.9 cm³/mol. The van der Waals surface area contributed by atoms with Gasteiger partial charge in [-0.05, 0) is 33.6 Å². The van der Waals surface area contributed by atoms with E-state index >= 15 is 0 Å². The fourth-order valence-corrected chi connectivity index (χ4v) is 2.32. The lowest BCUT2D eigenvalue weighted by Gasteiger charge is -2.27. The highest BCUT2D eigenvalue weighted by atomic mass is 16.5. The quantitative estimate of drug-likeness (QED) is 0.709. The molecule has 6 heteroatoms. The molecule has 0 aromatic heterocycles. The standard InChI is InChI=1S/C15H28N2O4/c1-15(2,3)16-13(18)11-17(8-7-14(19)20-4)10-12-6-5-9-21-12/h12H,5-11H2,1-4H3,(H,16,18). The largest absolute Gasteiger partial charge is 0.469 e. The Kier molecular flexibility index (Phi) is 7.11. The third kappa shape index (κ3) is 8.02. The van der Waals surface area contributed by atoms with E-state index in [1.807, 2.05) is 25.7 Å². The van der Waals surface area contributed by atoms with Crippen LogP contribution >= 0.6 is 0 Å². The summed E-state index contributed by atoms with van der Waals surface area (Å²) in [5, 5.41) is 2.94. The topological polar surface area (TPSA) is 67.9 Å². The molecule has 122 valence electrons. The highest BCUT2D eigenvalue weighted by molar-refractivity contribution is 5.78. The molecule has 0 radical (unpaired) electrons. The van der Waals surface area contributed by atoms with Crippen LogP contribution in [0.3, 0.4) is 0 Å². The zero-order valence-corrected chi connectivity index (χ0v) is 13.6. The zero-order valence-electron chi connectivity index (χ0n) is 13.6. The van der Waals surface area contributed by atoms with Crippen LogP contribution in [-0.4, -0.2) is 61.8 Å². The number of methoxy groups -OCH3 is 1. The number of nitrogens with one attached hydrogen (secondary N) is 1. The Morgan fingerprint density at radius 1 is 1.38 bits per heavy atom. The molecule has 0 spiro atoms. The van der Waals surface area contributed by atoms with E-state index in [0.29, 0.717) is 13.1 Å². The minimum absolute atomic E-state index is 0.0367. The van der Waals surface area contributed by atoms with Crippen LogP contribution in [0.4, 0.5) is 0 Å². The number of esters is 1. The number of carbonyl (C=O) groups excluding carboxylic acids is 2. The molecular weight excluding hydrogens is 272 g/mol. The van der Waals surface area contributed by atoms with Crippen molar-refractivity contribution in [2.75, 3.05) is 33.4 Å². The number of amides is 1. The smallest absolute Gasteiger partial charge is 0.306 e. The molecule has 6 nitrogen and oxygen atoms in total. The van der Waals surface area contributed by atoms with Crippen molar-refractivity contribution >= 4 is 11.9 Å². The highest BCUT2D eigenvalue weighted by Gasteiger charge is 2.22. The molecule has 1 heterocycles. The molecular formula is C15H28N2O4. The van der Waals surface area contributed by atoms with Crippen LogP contribution < -0.4 is 5.32 Å². The number of ether oxygens (including phenoxy) is 2. The molecule has 0 aromatic carbocycles. The second-order valence-electron chi connectivity index (χ2n) is 6.49. The minimum Gasteiger partial charge on any atom is -0.469 e. The van der Waals surface area contributed by atoms with E-state index in [9.17, 15) is 9.59 Å². The molecule has 21 heavy (non-hydrogen) atoms. The monoisotopic (exact) mass is 300 g/mol. The first kappa shape index (κ1) is 17.9. The van der Waals surface area contributed by atoms with Gasteiger partial charge < -0.3 is 14.8 Å². The number of rotatable bonds is 7. The Hall–Kier alpha value is -1.14. The van der Waals surface area contributed by atoms with Gasteiger partial charge in [0.15, 0.2) is 0 Å². The number of hydrogen-bond donors (Lipinski definition) is 1. The lowest BCUT2D eigenvalue weighted by molar-refractivity contribution is -0.141. The van der Waals surface area contributed by atoms with Gasteiger partial charge in [0.2, 0.25) is 5.91 Å². The van der Waals surface area contributed by atoms with E-state index in [-0.39, 0.29) is 36.5 Å². The lowest BCUT2D eigenvalue weighted by Crippen LogP contribution is -2.47. The third-order valence-corrected chi connectivity index (χ3v) is 3.23. The fourth-order valence-electron chi connectivity index (χ4n) is 2.32. The van der Waals surface area contributed by atoms with Crippen molar-refractivity contribution in [1.29, 1.82) is 0 Å². The van der Waals surface area contributed by atoms with Gasteiger partial charge in [-0.1, -0.05) is 0 Å². The first-order valence-corrected chi connectivity index (χ1v) is 7.52. The normalized spacial score (nSPS) is 18.8. The van der Waals surface area contributed by atoms with Crippen molar-refractivity contribution in [1.82, 2.24) is 10.2 Å². The molecule has 0 aliphatic carbocycles. The van der Waals surface area contributed by atoms with Gasteiger partial charge in [0, 0.05) is 25.2 Å². The van der Waals surface area contributed by atoms with E-state index in [2.05, 4.69) is 10.1 Å².